The first-order valence-corrected chi connectivity index (χ1v) is 10.1. The first-order valence-electron chi connectivity index (χ1n) is 8.13. The molecule has 3 rings (SSSR count). The molecule has 3 atom stereocenters. The second kappa shape index (κ2) is 6.84. The fourth-order valence-electron chi connectivity index (χ4n) is 3.54. The Morgan fingerprint density at radius 1 is 0.818 bits per heavy atom. The van der Waals surface area contributed by atoms with Gasteiger partial charge in [0.2, 0.25) is 0 Å². The van der Waals surface area contributed by atoms with Gasteiger partial charge < -0.3 is 27.5 Å². The van der Waals surface area contributed by atoms with Crippen LogP contribution in [0, 0.1) is 5.41 Å². The molecule has 0 bridgehead atoms. The van der Waals surface area contributed by atoms with Crippen molar-refractivity contribution >= 4 is 8.80 Å². The van der Waals surface area contributed by atoms with Crippen molar-refractivity contribution in [1.82, 2.24) is 0 Å². The summed E-state index contributed by atoms with van der Waals surface area (Å²) in [5.41, 5.74) is 0.178. The van der Waals surface area contributed by atoms with E-state index in [0.717, 1.165) is 51.5 Å². The molecular weight excluding hydrogens is 304 g/mol. The quantitative estimate of drug-likeness (QED) is 0.400. The highest BCUT2D eigenvalue weighted by atomic mass is 28.4. The Kier molecular flexibility index (Phi) is 5.23. The number of rotatable bonds is 12. The average molecular weight is 332 g/mol. The second-order valence-corrected chi connectivity index (χ2v) is 9.86. The van der Waals surface area contributed by atoms with E-state index in [1.807, 2.05) is 0 Å². The van der Waals surface area contributed by atoms with E-state index in [0.29, 0.717) is 18.3 Å². The van der Waals surface area contributed by atoms with Gasteiger partial charge in [0, 0.05) is 27.4 Å². The molecule has 0 N–H and O–H groups in total. The fourth-order valence-corrected chi connectivity index (χ4v) is 5.49. The first kappa shape index (κ1) is 16.8. The van der Waals surface area contributed by atoms with Crippen LogP contribution < -0.4 is 0 Å². The molecule has 0 aliphatic carbocycles. The third-order valence-corrected chi connectivity index (χ3v) is 7.81. The number of hydrogen-bond donors (Lipinski definition) is 0. The Morgan fingerprint density at radius 2 is 1.18 bits per heavy atom. The maximum absolute atomic E-state index is 5.59. The minimum Gasteiger partial charge on any atom is -0.377 e. The highest BCUT2D eigenvalue weighted by Crippen LogP contribution is 2.47. The van der Waals surface area contributed by atoms with E-state index in [-0.39, 0.29) is 5.41 Å². The minimum atomic E-state index is -2.54. The summed E-state index contributed by atoms with van der Waals surface area (Å²) in [6, 6.07) is 0.822. The third kappa shape index (κ3) is 4.50. The van der Waals surface area contributed by atoms with E-state index in [9.17, 15) is 0 Å². The second-order valence-electron chi connectivity index (χ2n) is 6.77. The van der Waals surface area contributed by atoms with Crippen LogP contribution in [0.5, 0.6) is 0 Å². The fraction of sp³-hybridized carbons (Fsp3) is 1.00. The zero-order valence-corrected chi connectivity index (χ0v) is 14.8. The molecule has 3 unspecified atom stereocenters. The lowest BCUT2D eigenvalue weighted by Crippen LogP contribution is -2.44. The molecule has 0 saturated carbocycles. The molecule has 128 valence electrons. The average Bonchev–Trinajstić information content (AvgIpc) is 3.34. The molecule has 0 spiro atoms. The molecule has 3 fully saturated rings. The molecule has 0 aromatic heterocycles. The summed E-state index contributed by atoms with van der Waals surface area (Å²) in [4.78, 5) is 0. The van der Waals surface area contributed by atoms with Crippen molar-refractivity contribution in [2.24, 2.45) is 5.41 Å². The standard InChI is InChI=1S/C15H28O6Si/c1-16-22(17-2,18-3)5-4-15(6-12-9-19-12,7-13-10-20-13)8-14-11-21-14/h12-14H,4-11H2,1-3H3. The van der Waals surface area contributed by atoms with Crippen LogP contribution in [-0.4, -0.2) is 68.3 Å². The molecule has 3 aliphatic heterocycles. The van der Waals surface area contributed by atoms with Crippen molar-refractivity contribution in [3.63, 3.8) is 0 Å². The van der Waals surface area contributed by atoms with Gasteiger partial charge in [0.25, 0.3) is 0 Å². The summed E-state index contributed by atoms with van der Waals surface area (Å²) in [7, 11) is 2.50. The highest BCUT2D eigenvalue weighted by Gasteiger charge is 2.48. The minimum absolute atomic E-state index is 0.178. The van der Waals surface area contributed by atoms with Crippen molar-refractivity contribution in [2.75, 3.05) is 41.2 Å². The first-order chi connectivity index (χ1) is 10.6. The van der Waals surface area contributed by atoms with Crippen LogP contribution in [0.2, 0.25) is 6.04 Å². The topological polar surface area (TPSA) is 65.3 Å². The van der Waals surface area contributed by atoms with Gasteiger partial charge in [-0.05, 0) is 31.1 Å². The molecule has 0 aromatic rings. The van der Waals surface area contributed by atoms with Crippen LogP contribution in [0.15, 0.2) is 0 Å². The molecule has 0 aromatic carbocycles. The van der Waals surface area contributed by atoms with Gasteiger partial charge in [-0.25, -0.2) is 0 Å². The van der Waals surface area contributed by atoms with Crippen LogP contribution in [-0.2, 0) is 27.5 Å². The zero-order chi connectivity index (χ0) is 15.6. The summed E-state index contributed by atoms with van der Waals surface area (Å²) in [5, 5.41) is 0. The predicted molar refractivity (Wildman–Crippen MR) is 81.7 cm³/mol. The summed E-state index contributed by atoms with van der Waals surface area (Å²) in [6.07, 6.45) is 5.45. The predicted octanol–water partition coefficient (Wildman–Crippen LogP) is 1.61. The maximum Gasteiger partial charge on any atom is 0.500 e. The summed E-state index contributed by atoms with van der Waals surface area (Å²) in [5.74, 6) is 0. The highest BCUT2D eigenvalue weighted by molar-refractivity contribution is 6.60. The Hall–Kier alpha value is -0.0231. The summed E-state index contributed by atoms with van der Waals surface area (Å²) >= 11 is 0. The third-order valence-electron chi connectivity index (χ3n) is 5.08. The van der Waals surface area contributed by atoms with Gasteiger partial charge in [-0.2, -0.15) is 0 Å². The van der Waals surface area contributed by atoms with Crippen molar-refractivity contribution < 1.29 is 27.5 Å². The molecule has 3 aliphatic rings. The molecule has 3 heterocycles. The number of epoxide rings is 3. The molecule has 3 saturated heterocycles. The van der Waals surface area contributed by atoms with Gasteiger partial charge in [0.15, 0.2) is 0 Å². The van der Waals surface area contributed by atoms with E-state index in [4.69, 9.17) is 27.5 Å². The van der Waals surface area contributed by atoms with Gasteiger partial charge in [0.1, 0.15) is 0 Å². The maximum atomic E-state index is 5.59. The van der Waals surface area contributed by atoms with Crippen molar-refractivity contribution in [1.29, 1.82) is 0 Å². The van der Waals surface area contributed by atoms with E-state index in [1.165, 1.54) is 0 Å². The summed E-state index contributed by atoms with van der Waals surface area (Å²) < 4.78 is 33.3. The van der Waals surface area contributed by atoms with Crippen molar-refractivity contribution in [2.45, 2.75) is 50.0 Å². The zero-order valence-electron chi connectivity index (χ0n) is 13.8. The molecule has 0 amide bonds. The number of hydrogen-bond acceptors (Lipinski definition) is 6. The Labute approximate surface area is 133 Å². The van der Waals surface area contributed by atoms with Crippen LogP contribution in [0.25, 0.3) is 0 Å². The summed E-state index contributed by atoms with van der Waals surface area (Å²) in [6.45, 7) is 2.67. The largest absolute Gasteiger partial charge is 0.500 e. The van der Waals surface area contributed by atoms with Gasteiger partial charge >= 0.3 is 8.80 Å². The normalized spacial score (nSPS) is 32.6. The van der Waals surface area contributed by atoms with Crippen molar-refractivity contribution in [3.8, 4) is 0 Å². The van der Waals surface area contributed by atoms with Gasteiger partial charge in [-0.15, -0.1) is 0 Å². The molecule has 6 nitrogen and oxygen atoms in total. The van der Waals surface area contributed by atoms with Crippen molar-refractivity contribution in [3.05, 3.63) is 0 Å². The molecule has 0 radical (unpaired) electrons. The van der Waals surface area contributed by atoms with E-state index in [2.05, 4.69) is 0 Å². The van der Waals surface area contributed by atoms with Gasteiger partial charge in [-0.3, -0.25) is 0 Å². The lowest BCUT2D eigenvalue weighted by Gasteiger charge is -2.35. The smallest absolute Gasteiger partial charge is 0.377 e. The molecule has 22 heavy (non-hydrogen) atoms. The molecule has 7 heteroatoms. The van der Waals surface area contributed by atoms with Gasteiger partial charge in [-0.1, -0.05) is 0 Å². The molecular formula is C15H28O6Si. The Bertz CT molecular complexity index is 319. The van der Waals surface area contributed by atoms with Crippen LogP contribution >= 0.6 is 0 Å². The van der Waals surface area contributed by atoms with Gasteiger partial charge in [0.05, 0.1) is 38.1 Å². The van der Waals surface area contributed by atoms with E-state index >= 15 is 0 Å². The van der Waals surface area contributed by atoms with Crippen LogP contribution in [0.4, 0.5) is 0 Å². The van der Waals surface area contributed by atoms with Crippen LogP contribution in [0.1, 0.15) is 25.7 Å². The Morgan fingerprint density at radius 3 is 1.45 bits per heavy atom. The number of ether oxygens (including phenoxy) is 3. The lowest BCUT2D eigenvalue weighted by atomic mass is 9.73. The lowest BCUT2D eigenvalue weighted by molar-refractivity contribution is 0.103. The van der Waals surface area contributed by atoms with E-state index in [1.54, 1.807) is 21.3 Å². The SMILES string of the molecule is CO[Si](CCC(CC1CO1)(CC1CO1)CC1CO1)(OC)OC. The van der Waals surface area contributed by atoms with Crippen LogP contribution in [0.3, 0.4) is 0 Å². The monoisotopic (exact) mass is 332 g/mol. The Balaban J connectivity index is 1.67. The van der Waals surface area contributed by atoms with E-state index < -0.39 is 8.80 Å².